The van der Waals surface area contributed by atoms with E-state index in [1.165, 1.54) is 39.5 Å². The summed E-state index contributed by atoms with van der Waals surface area (Å²) in [6.45, 7) is 0. The Hall–Kier alpha value is -1.88. The third-order valence-electron chi connectivity index (χ3n) is 3.41. The molecular formula is C18H15Cl3O4. The van der Waals surface area contributed by atoms with Gasteiger partial charge in [-0.2, -0.15) is 0 Å². The molecule has 0 saturated carbocycles. The Labute approximate surface area is 160 Å². The highest BCUT2D eigenvalue weighted by molar-refractivity contribution is 6.49. The average Bonchev–Trinajstić information content (AvgIpc) is 2.63. The van der Waals surface area contributed by atoms with Gasteiger partial charge in [0.1, 0.15) is 0 Å². The zero-order valence-corrected chi connectivity index (χ0v) is 16.0. The number of hydrogen-bond acceptors (Lipinski definition) is 4. The zero-order valence-electron chi connectivity index (χ0n) is 13.7. The van der Waals surface area contributed by atoms with Gasteiger partial charge < -0.3 is 14.2 Å². The fourth-order valence-electron chi connectivity index (χ4n) is 2.18. The van der Waals surface area contributed by atoms with Gasteiger partial charge in [-0.05, 0) is 35.9 Å². The molecule has 2 aromatic carbocycles. The van der Waals surface area contributed by atoms with Gasteiger partial charge in [0.25, 0.3) is 0 Å². The number of carbonyl (C=O) groups is 1. The maximum atomic E-state index is 12.4. The number of allylic oxidation sites excluding steroid dienone is 1. The normalized spacial score (nSPS) is 10.8. The molecule has 0 saturated heterocycles. The van der Waals surface area contributed by atoms with Crippen molar-refractivity contribution in [3.8, 4) is 17.2 Å². The van der Waals surface area contributed by atoms with Crippen LogP contribution in [0.3, 0.4) is 0 Å². The van der Waals surface area contributed by atoms with E-state index in [1.54, 1.807) is 18.2 Å². The van der Waals surface area contributed by atoms with E-state index in [1.807, 2.05) is 0 Å². The number of rotatable bonds is 6. The van der Waals surface area contributed by atoms with Crippen molar-refractivity contribution in [2.24, 2.45) is 0 Å². The van der Waals surface area contributed by atoms with Gasteiger partial charge in [0, 0.05) is 5.56 Å². The van der Waals surface area contributed by atoms with Gasteiger partial charge in [-0.3, -0.25) is 4.79 Å². The number of methoxy groups -OCH3 is 3. The average molecular weight is 402 g/mol. The minimum absolute atomic E-state index is 0.119. The Kier molecular flexibility index (Phi) is 6.59. The topological polar surface area (TPSA) is 44.8 Å². The molecule has 0 heterocycles. The smallest absolute Gasteiger partial charge is 0.203 e. The summed E-state index contributed by atoms with van der Waals surface area (Å²) in [4.78, 5) is 12.4. The van der Waals surface area contributed by atoms with Crippen molar-refractivity contribution in [1.29, 1.82) is 0 Å². The molecule has 2 rings (SSSR count). The molecular weight excluding hydrogens is 387 g/mol. The van der Waals surface area contributed by atoms with Crippen LogP contribution >= 0.6 is 34.8 Å². The summed E-state index contributed by atoms with van der Waals surface area (Å²) < 4.78 is 15.8. The quantitative estimate of drug-likeness (QED) is 0.361. The molecule has 0 aromatic heterocycles. The van der Waals surface area contributed by atoms with Crippen molar-refractivity contribution in [2.45, 2.75) is 0 Å². The van der Waals surface area contributed by atoms with E-state index in [-0.39, 0.29) is 26.4 Å². The van der Waals surface area contributed by atoms with Crippen LogP contribution in [0.4, 0.5) is 0 Å². The summed E-state index contributed by atoms with van der Waals surface area (Å²) in [5.74, 6) is 1.14. The van der Waals surface area contributed by atoms with Gasteiger partial charge >= 0.3 is 0 Å². The van der Waals surface area contributed by atoms with E-state index in [9.17, 15) is 4.79 Å². The lowest BCUT2D eigenvalue weighted by Crippen LogP contribution is -1.97. The van der Waals surface area contributed by atoms with Crippen molar-refractivity contribution in [2.75, 3.05) is 21.3 Å². The van der Waals surface area contributed by atoms with Crippen molar-refractivity contribution in [3.05, 3.63) is 56.5 Å². The van der Waals surface area contributed by atoms with Gasteiger partial charge in [-0.1, -0.05) is 40.9 Å². The molecule has 0 aliphatic rings. The van der Waals surface area contributed by atoms with Crippen LogP contribution in [0.15, 0.2) is 30.3 Å². The first-order chi connectivity index (χ1) is 11.9. The number of benzene rings is 2. The first-order valence-electron chi connectivity index (χ1n) is 7.08. The third-order valence-corrected chi connectivity index (χ3v) is 4.71. The first kappa shape index (κ1) is 19.4. The fourth-order valence-corrected chi connectivity index (χ4v) is 2.80. The minimum atomic E-state index is -0.308. The van der Waals surface area contributed by atoms with E-state index in [0.717, 1.165) is 0 Å². The Bertz CT molecular complexity index is 806. The lowest BCUT2D eigenvalue weighted by molar-refractivity contribution is 0.104. The molecule has 0 aliphatic carbocycles. The Morgan fingerprint density at radius 2 is 1.52 bits per heavy atom. The molecule has 0 amide bonds. The number of ketones is 1. The van der Waals surface area contributed by atoms with Crippen LogP contribution in [-0.2, 0) is 0 Å². The zero-order chi connectivity index (χ0) is 18.6. The molecule has 0 unspecified atom stereocenters. The molecule has 25 heavy (non-hydrogen) atoms. The Morgan fingerprint density at radius 3 is 2.04 bits per heavy atom. The fraction of sp³-hybridized carbons (Fsp3) is 0.167. The first-order valence-corrected chi connectivity index (χ1v) is 8.22. The largest absolute Gasteiger partial charge is 0.493 e. The molecule has 132 valence electrons. The summed E-state index contributed by atoms with van der Waals surface area (Å²) in [5, 5.41) is 0.556. The molecule has 2 aromatic rings. The van der Waals surface area contributed by atoms with Crippen molar-refractivity contribution in [3.63, 3.8) is 0 Å². The van der Waals surface area contributed by atoms with Crippen LogP contribution in [0.1, 0.15) is 15.9 Å². The second-order valence-corrected chi connectivity index (χ2v) is 6.04. The molecule has 4 nitrogen and oxygen atoms in total. The maximum Gasteiger partial charge on any atom is 0.203 e. The summed E-state index contributed by atoms with van der Waals surface area (Å²) in [7, 11) is 4.56. The Morgan fingerprint density at radius 1 is 0.920 bits per heavy atom. The summed E-state index contributed by atoms with van der Waals surface area (Å²) in [5.41, 5.74) is 0.957. The summed E-state index contributed by atoms with van der Waals surface area (Å²) in [6, 6.07) is 6.50. The number of halogens is 3. The molecule has 0 aliphatic heterocycles. The monoisotopic (exact) mass is 400 g/mol. The molecule has 0 N–H and O–H groups in total. The summed E-state index contributed by atoms with van der Waals surface area (Å²) >= 11 is 17.9. The van der Waals surface area contributed by atoms with E-state index in [4.69, 9.17) is 49.0 Å². The van der Waals surface area contributed by atoms with Gasteiger partial charge in [0.15, 0.2) is 17.3 Å². The lowest BCUT2D eigenvalue weighted by atomic mass is 10.1. The molecule has 0 fully saturated rings. The van der Waals surface area contributed by atoms with Crippen LogP contribution in [0.5, 0.6) is 17.2 Å². The maximum absolute atomic E-state index is 12.4. The second-order valence-electron chi connectivity index (χ2n) is 4.88. The van der Waals surface area contributed by atoms with E-state index < -0.39 is 0 Å². The molecule has 7 heteroatoms. The van der Waals surface area contributed by atoms with Crippen LogP contribution in [0, 0.1) is 0 Å². The van der Waals surface area contributed by atoms with Crippen LogP contribution < -0.4 is 14.2 Å². The van der Waals surface area contributed by atoms with Crippen molar-refractivity contribution >= 4 is 46.7 Å². The third kappa shape index (κ3) is 4.21. The predicted molar refractivity (Wildman–Crippen MR) is 101 cm³/mol. The minimum Gasteiger partial charge on any atom is -0.493 e. The molecule has 0 radical (unpaired) electrons. The highest BCUT2D eigenvalue weighted by Crippen LogP contribution is 2.38. The van der Waals surface area contributed by atoms with Gasteiger partial charge in [0.2, 0.25) is 5.75 Å². The van der Waals surface area contributed by atoms with E-state index in [2.05, 4.69) is 0 Å². The highest BCUT2D eigenvalue weighted by Gasteiger charge is 2.14. The Balaban J connectivity index is 2.36. The summed E-state index contributed by atoms with van der Waals surface area (Å²) in [6.07, 6.45) is 3.00. The van der Waals surface area contributed by atoms with Gasteiger partial charge in [0.05, 0.1) is 36.4 Å². The van der Waals surface area contributed by atoms with Crippen molar-refractivity contribution in [1.82, 2.24) is 0 Å². The molecule has 0 spiro atoms. The predicted octanol–water partition coefficient (Wildman–Crippen LogP) is 5.57. The number of carbonyl (C=O) groups excluding carboxylic acids is 1. The SMILES string of the molecule is COc1cc(/C=C/C(=O)c2ccc(Cl)c(Cl)c2Cl)cc(OC)c1OC. The van der Waals surface area contributed by atoms with Crippen LogP contribution in [0.25, 0.3) is 6.08 Å². The lowest BCUT2D eigenvalue weighted by Gasteiger charge is -2.12. The van der Waals surface area contributed by atoms with Gasteiger partial charge in [-0.25, -0.2) is 0 Å². The standard InChI is InChI=1S/C18H15Cl3O4/c1-23-14-8-10(9-15(24-2)18(14)25-3)4-7-13(22)11-5-6-12(19)17(21)16(11)20/h4-9H,1-3H3/b7-4+. The van der Waals surface area contributed by atoms with Crippen LogP contribution in [-0.4, -0.2) is 27.1 Å². The molecule has 0 atom stereocenters. The highest BCUT2D eigenvalue weighted by atomic mass is 35.5. The number of hydrogen-bond donors (Lipinski definition) is 0. The van der Waals surface area contributed by atoms with E-state index in [0.29, 0.717) is 22.8 Å². The van der Waals surface area contributed by atoms with Gasteiger partial charge in [-0.15, -0.1) is 0 Å². The second kappa shape index (κ2) is 8.48. The van der Waals surface area contributed by atoms with E-state index >= 15 is 0 Å². The molecule has 0 bridgehead atoms. The number of ether oxygens (including phenoxy) is 3. The van der Waals surface area contributed by atoms with Crippen molar-refractivity contribution < 1.29 is 19.0 Å². The van der Waals surface area contributed by atoms with Crippen LogP contribution in [0.2, 0.25) is 15.1 Å².